The summed E-state index contributed by atoms with van der Waals surface area (Å²) in [5.41, 5.74) is 4.95. The molecule has 2 heterocycles. The summed E-state index contributed by atoms with van der Waals surface area (Å²) in [4.78, 5) is 2.43. The van der Waals surface area contributed by atoms with E-state index in [1.807, 2.05) is 12.1 Å². The molecule has 0 fully saturated rings. The number of aryl methyl sites for hydroxylation is 1. The molecule has 0 saturated carbocycles. The number of fused-ring (bicyclic) bond motifs is 5. The Hall–Kier alpha value is -2.56. The second kappa shape index (κ2) is 6.06. The summed E-state index contributed by atoms with van der Waals surface area (Å²) in [5.74, 6) is 2.29. The fourth-order valence-corrected chi connectivity index (χ4v) is 4.15. The number of nitrogens with zero attached hydrogens (tertiary/aromatic N) is 1. The van der Waals surface area contributed by atoms with Gasteiger partial charge in [0, 0.05) is 18.3 Å². The predicted molar refractivity (Wildman–Crippen MR) is 96.3 cm³/mol. The van der Waals surface area contributed by atoms with Crippen LogP contribution >= 0.6 is 0 Å². The molecule has 5 nitrogen and oxygen atoms in total. The third-order valence-corrected chi connectivity index (χ3v) is 5.38. The molecule has 0 aliphatic carbocycles. The third kappa shape index (κ3) is 2.46. The first-order valence-corrected chi connectivity index (χ1v) is 8.57. The van der Waals surface area contributed by atoms with Crippen LogP contribution in [-0.4, -0.2) is 33.0 Å². The van der Waals surface area contributed by atoms with Crippen molar-refractivity contribution >= 4 is 5.69 Å². The number of rotatable bonds is 3. The summed E-state index contributed by atoms with van der Waals surface area (Å²) in [6.45, 7) is 0.939. The number of hydrogen-bond donors (Lipinski definition) is 1. The molecule has 2 aromatic rings. The molecule has 2 aromatic carbocycles. The topological polar surface area (TPSA) is 51.2 Å². The second-order valence-electron chi connectivity index (χ2n) is 6.56. The fraction of sp³-hybridized carbons (Fsp3) is 0.400. The molecule has 4 rings (SSSR count). The lowest BCUT2D eigenvalue weighted by atomic mass is 9.84. The van der Waals surface area contributed by atoms with Gasteiger partial charge in [-0.25, -0.2) is 0 Å². The Morgan fingerprint density at radius 1 is 0.880 bits per heavy atom. The van der Waals surface area contributed by atoms with E-state index < -0.39 is 0 Å². The minimum atomic E-state index is 0.209. The molecular weight excluding hydrogens is 318 g/mol. The minimum Gasteiger partial charge on any atom is -0.504 e. The first-order chi connectivity index (χ1) is 12.2. The summed E-state index contributed by atoms with van der Waals surface area (Å²) in [6.07, 6.45) is 2.92. The van der Waals surface area contributed by atoms with Crippen molar-refractivity contribution in [1.82, 2.24) is 0 Å². The Balaban J connectivity index is 1.78. The fourth-order valence-electron chi connectivity index (χ4n) is 4.15. The molecule has 132 valence electrons. The van der Waals surface area contributed by atoms with E-state index in [2.05, 4.69) is 17.0 Å². The van der Waals surface area contributed by atoms with Crippen LogP contribution in [0, 0.1) is 0 Å². The summed E-state index contributed by atoms with van der Waals surface area (Å²) >= 11 is 0. The average Bonchev–Trinajstić information content (AvgIpc) is 2.65. The number of benzene rings is 2. The van der Waals surface area contributed by atoms with Crippen LogP contribution in [0.5, 0.6) is 23.0 Å². The Morgan fingerprint density at radius 2 is 1.56 bits per heavy atom. The van der Waals surface area contributed by atoms with Crippen LogP contribution < -0.4 is 19.1 Å². The number of methoxy groups -OCH3 is 3. The SMILES string of the molecule is COc1cc2c(cc1O)[C@H]1CCc3cc(OC)c(OC)cc3N1CC2. The number of phenolic OH excluding ortho intramolecular Hbond substituents is 1. The lowest BCUT2D eigenvalue weighted by Gasteiger charge is -2.43. The summed E-state index contributed by atoms with van der Waals surface area (Å²) in [5, 5.41) is 10.2. The monoisotopic (exact) mass is 341 g/mol. The van der Waals surface area contributed by atoms with Gasteiger partial charge >= 0.3 is 0 Å². The molecule has 5 heteroatoms. The van der Waals surface area contributed by atoms with Crippen LogP contribution in [0.1, 0.15) is 29.2 Å². The molecule has 1 atom stereocenters. The van der Waals surface area contributed by atoms with Crippen molar-refractivity contribution in [3.63, 3.8) is 0 Å². The van der Waals surface area contributed by atoms with E-state index in [9.17, 15) is 5.11 Å². The van der Waals surface area contributed by atoms with Crippen molar-refractivity contribution < 1.29 is 19.3 Å². The van der Waals surface area contributed by atoms with Gasteiger partial charge in [0.15, 0.2) is 23.0 Å². The van der Waals surface area contributed by atoms with Gasteiger partial charge in [0.05, 0.1) is 27.4 Å². The van der Waals surface area contributed by atoms with Gasteiger partial charge in [-0.15, -0.1) is 0 Å². The smallest absolute Gasteiger partial charge is 0.162 e. The number of ether oxygens (including phenoxy) is 3. The maximum Gasteiger partial charge on any atom is 0.162 e. The van der Waals surface area contributed by atoms with Crippen LogP contribution in [-0.2, 0) is 12.8 Å². The van der Waals surface area contributed by atoms with Gasteiger partial charge in [-0.05, 0) is 54.2 Å². The first-order valence-electron chi connectivity index (χ1n) is 8.57. The Kier molecular flexibility index (Phi) is 3.86. The molecule has 25 heavy (non-hydrogen) atoms. The summed E-state index contributed by atoms with van der Waals surface area (Å²) < 4.78 is 16.2. The van der Waals surface area contributed by atoms with E-state index in [1.54, 1.807) is 21.3 Å². The van der Waals surface area contributed by atoms with Crippen molar-refractivity contribution in [2.24, 2.45) is 0 Å². The number of aromatic hydroxyl groups is 1. The van der Waals surface area contributed by atoms with Crippen molar-refractivity contribution in [3.05, 3.63) is 41.0 Å². The van der Waals surface area contributed by atoms with E-state index in [4.69, 9.17) is 14.2 Å². The molecular formula is C20H23NO4. The maximum atomic E-state index is 10.2. The molecule has 0 saturated heterocycles. The lowest BCUT2D eigenvalue weighted by Crippen LogP contribution is -2.38. The van der Waals surface area contributed by atoms with Crippen molar-refractivity contribution in [2.75, 3.05) is 32.8 Å². The molecule has 0 bridgehead atoms. The molecule has 2 aliphatic rings. The molecule has 0 unspecified atom stereocenters. The van der Waals surface area contributed by atoms with Crippen molar-refractivity contribution in [3.8, 4) is 23.0 Å². The minimum absolute atomic E-state index is 0.209. The van der Waals surface area contributed by atoms with E-state index >= 15 is 0 Å². The molecule has 0 aromatic heterocycles. The average molecular weight is 341 g/mol. The van der Waals surface area contributed by atoms with Gasteiger partial charge in [0.2, 0.25) is 0 Å². The Morgan fingerprint density at radius 3 is 2.28 bits per heavy atom. The van der Waals surface area contributed by atoms with Crippen LogP contribution in [0.4, 0.5) is 5.69 Å². The highest BCUT2D eigenvalue weighted by molar-refractivity contribution is 5.66. The van der Waals surface area contributed by atoms with E-state index in [-0.39, 0.29) is 11.8 Å². The van der Waals surface area contributed by atoms with Crippen LogP contribution in [0.15, 0.2) is 24.3 Å². The van der Waals surface area contributed by atoms with Crippen LogP contribution in [0.25, 0.3) is 0 Å². The molecule has 2 aliphatic heterocycles. The summed E-state index contributed by atoms with van der Waals surface area (Å²) in [7, 11) is 4.93. The maximum absolute atomic E-state index is 10.2. The largest absolute Gasteiger partial charge is 0.504 e. The Bertz CT molecular complexity index is 818. The van der Waals surface area contributed by atoms with Crippen molar-refractivity contribution in [2.45, 2.75) is 25.3 Å². The highest BCUT2D eigenvalue weighted by Crippen LogP contribution is 2.47. The van der Waals surface area contributed by atoms with Gasteiger partial charge < -0.3 is 24.2 Å². The predicted octanol–water partition coefficient (Wildman–Crippen LogP) is 3.47. The van der Waals surface area contributed by atoms with Crippen molar-refractivity contribution in [1.29, 1.82) is 0 Å². The van der Waals surface area contributed by atoms with Gasteiger partial charge in [-0.2, -0.15) is 0 Å². The quantitative estimate of drug-likeness (QED) is 0.926. The number of phenols is 1. The number of hydrogen-bond acceptors (Lipinski definition) is 5. The Labute approximate surface area is 147 Å². The van der Waals surface area contributed by atoms with E-state index in [1.165, 1.54) is 22.4 Å². The van der Waals surface area contributed by atoms with Gasteiger partial charge in [-0.1, -0.05) is 0 Å². The number of anilines is 1. The summed E-state index contributed by atoms with van der Waals surface area (Å²) in [6, 6.07) is 8.29. The van der Waals surface area contributed by atoms with E-state index in [0.717, 1.165) is 37.3 Å². The third-order valence-electron chi connectivity index (χ3n) is 5.38. The highest BCUT2D eigenvalue weighted by atomic mass is 16.5. The highest BCUT2D eigenvalue weighted by Gasteiger charge is 2.33. The van der Waals surface area contributed by atoms with Crippen LogP contribution in [0.2, 0.25) is 0 Å². The lowest BCUT2D eigenvalue weighted by molar-refractivity contribution is 0.353. The molecule has 0 radical (unpaired) electrons. The standard InChI is InChI=1S/C20H23NO4/c1-23-18-8-12-6-7-21-15(14(12)10-17(18)22)5-4-13-9-19(24-2)20(25-3)11-16(13)21/h8-11,15,22H,4-7H2,1-3H3/t15-/m1/s1. The molecule has 0 amide bonds. The second-order valence-corrected chi connectivity index (χ2v) is 6.56. The zero-order valence-electron chi connectivity index (χ0n) is 14.8. The van der Waals surface area contributed by atoms with Gasteiger partial charge in [-0.3, -0.25) is 0 Å². The first kappa shape index (κ1) is 15.9. The molecule has 0 spiro atoms. The molecule has 1 N–H and O–H groups in total. The van der Waals surface area contributed by atoms with Gasteiger partial charge in [0.25, 0.3) is 0 Å². The van der Waals surface area contributed by atoms with Gasteiger partial charge in [0.1, 0.15) is 0 Å². The van der Waals surface area contributed by atoms with E-state index in [0.29, 0.717) is 5.75 Å². The zero-order valence-corrected chi connectivity index (χ0v) is 14.8. The zero-order chi connectivity index (χ0) is 17.6. The normalized spacial score (nSPS) is 18.0. The van der Waals surface area contributed by atoms with Crippen LogP contribution in [0.3, 0.4) is 0 Å².